The third-order valence-corrected chi connectivity index (χ3v) is 2.87. The van der Waals surface area contributed by atoms with E-state index in [0.29, 0.717) is 12.4 Å². The molecule has 0 aliphatic heterocycles. The number of carbonyl (C=O) groups is 1. The smallest absolute Gasteiger partial charge is 0.128 e. The zero-order valence-corrected chi connectivity index (χ0v) is 12.3. The lowest BCUT2D eigenvalue weighted by atomic mass is 10.1. The fourth-order valence-electron chi connectivity index (χ4n) is 1.73. The highest BCUT2D eigenvalue weighted by molar-refractivity contribution is 5.89. The molecule has 3 nitrogen and oxygen atoms in total. The molecule has 0 fully saturated rings. The third kappa shape index (κ3) is 5.74. The summed E-state index contributed by atoms with van der Waals surface area (Å²) in [7, 11) is 0. The number of carbonyl (C=O) groups excluding carboxylic acids is 1. The van der Waals surface area contributed by atoms with Gasteiger partial charge >= 0.3 is 0 Å². The van der Waals surface area contributed by atoms with Crippen molar-refractivity contribution in [3.63, 3.8) is 0 Å². The van der Waals surface area contributed by atoms with Crippen molar-refractivity contribution in [1.29, 1.82) is 0 Å². The van der Waals surface area contributed by atoms with Gasteiger partial charge in [0.2, 0.25) is 0 Å². The van der Waals surface area contributed by atoms with Crippen LogP contribution in [0.3, 0.4) is 0 Å². The van der Waals surface area contributed by atoms with Crippen molar-refractivity contribution in [2.45, 2.75) is 33.6 Å². The van der Waals surface area contributed by atoms with Crippen molar-refractivity contribution in [2.75, 3.05) is 6.61 Å². The number of aromatic carboxylic acids is 1. The maximum absolute atomic E-state index is 10.9. The Balaban J connectivity index is 2.51. The van der Waals surface area contributed by atoms with Crippen molar-refractivity contribution in [2.24, 2.45) is 0 Å². The Morgan fingerprint density at radius 2 is 1.90 bits per heavy atom. The molecule has 0 amide bonds. The highest BCUT2D eigenvalue weighted by atomic mass is 16.5. The number of carboxylic acid groups (broad SMARTS) is 1. The zero-order valence-electron chi connectivity index (χ0n) is 12.3. The first-order chi connectivity index (χ1) is 9.50. The molecule has 0 spiro atoms. The SMILES string of the molecule is CC(C)=CCCC(C)=CCOc1ccccc1C(=O)[O-]. The second-order valence-corrected chi connectivity index (χ2v) is 4.97. The standard InChI is InChI=1S/C17H22O3/c1-13(2)7-6-8-14(3)11-12-20-16-10-5-4-9-15(16)17(18)19/h4-5,7,9-11H,6,8,12H2,1-3H3,(H,18,19)/p-1. The van der Waals surface area contributed by atoms with Gasteiger partial charge in [-0.15, -0.1) is 0 Å². The summed E-state index contributed by atoms with van der Waals surface area (Å²) in [4.78, 5) is 10.9. The first kappa shape index (κ1) is 16.0. The van der Waals surface area contributed by atoms with Gasteiger partial charge < -0.3 is 14.6 Å². The van der Waals surface area contributed by atoms with E-state index < -0.39 is 5.97 Å². The zero-order chi connectivity index (χ0) is 15.0. The van der Waals surface area contributed by atoms with Crippen LogP contribution in [0.2, 0.25) is 0 Å². The van der Waals surface area contributed by atoms with Crippen molar-refractivity contribution in [3.05, 3.63) is 53.1 Å². The van der Waals surface area contributed by atoms with Gasteiger partial charge in [-0.3, -0.25) is 0 Å². The topological polar surface area (TPSA) is 49.4 Å². The Morgan fingerprint density at radius 1 is 1.20 bits per heavy atom. The maximum atomic E-state index is 10.9. The minimum atomic E-state index is -1.22. The summed E-state index contributed by atoms with van der Waals surface area (Å²) in [5.41, 5.74) is 2.63. The largest absolute Gasteiger partial charge is 0.545 e. The van der Waals surface area contributed by atoms with Crippen molar-refractivity contribution in [3.8, 4) is 5.75 Å². The molecule has 0 atom stereocenters. The molecule has 0 unspecified atom stereocenters. The third-order valence-electron chi connectivity index (χ3n) is 2.87. The molecule has 1 aromatic carbocycles. The molecule has 0 bridgehead atoms. The molecule has 3 heteroatoms. The van der Waals surface area contributed by atoms with Crippen LogP contribution in [0, 0.1) is 0 Å². The summed E-state index contributed by atoms with van der Waals surface area (Å²) in [6.07, 6.45) is 6.17. The van der Waals surface area contributed by atoms with Gasteiger partial charge in [0.15, 0.2) is 0 Å². The highest BCUT2D eigenvalue weighted by Gasteiger charge is 2.02. The second-order valence-electron chi connectivity index (χ2n) is 4.97. The van der Waals surface area contributed by atoms with Gasteiger partial charge in [0.1, 0.15) is 12.4 Å². The van der Waals surface area contributed by atoms with E-state index in [4.69, 9.17) is 4.74 Å². The highest BCUT2D eigenvalue weighted by Crippen LogP contribution is 2.17. The van der Waals surface area contributed by atoms with Crippen molar-refractivity contribution < 1.29 is 14.6 Å². The summed E-state index contributed by atoms with van der Waals surface area (Å²) in [5.74, 6) is -0.870. The first-order valence-corrected chi connectivity index (χ1v) is 6.73. The number of carboxylic acids is 1. The number of hydrogen-bond donors (Lipinski definition) is 0. The van der Waals surface area contributed by atoms with Gasteiger partial charge in [0, 0.05) is 5.56 Å². The van der Waals surface area contributed by atoms with Crippen LogP contribution in [-0.2, 0) is 0 Å². The molecule has 0 N–H and O–H groups in total. The monoisotopic (exact) mass is 273 g/mol. The number of benzene rings is 1. The van der Waals surface area contributed by atoms with Crippen LogP contribution in [0.25, 0.3) is 0 Å². The molecule has 0 radical (unpaired) electrons. The number of ether oxygens (including phenoxy) is 1. The van der Waals surface area contributed by atoms with Crippen LogP contribution in [-0.4, -0.2) is 12.6 Å². The van der Waals surface area contributed by atoms with E-state index in [1.807, 2.05) is 13.0 Å². The van der Waals surface area contributed by atoms with Gasteiger partial charge in [-0.25, -0.2) is 0 Å². The van der Waals surface area contributed by atoms with E-state index in [9.17, 15) is 9.90 Å². The Kier molecular flexibility index (Phi) is 6.57. The maximum Gasteiger partial charge on any atom is 0.128 e. The number of allylic oxidation sites excluding steroid dienone is 3. The van der Waals surface area contributed by atoms with Crippen LogP contribution in [0.1, 0.15) is 44.0 Å². The van der Waals surface area contributed by atoms with Crippen LogP contribution in [0.5, 0.6) is 5.75 Å². The predicted molar refractivity (Wildman–Crippen MR) is 78.7 cm³/mol. The summed E-state index contributed by atoms with van der Waals surface area (Å²) >= 11 is 0. The van der Waals surface area contributed by atoms with Crippen LogP contribution in [0.4, 0.5) is 0 Å². The quantitative estimate of drug-likeness (QED) is 0.717. The Hall–Kier alpha value is -2.03. The lowest BCUT2D eigenvalue weighted by Gasteiger charge is -2.10. The molecule has 1 rings (SSSR count). The van der Waals surface area contributed by atoms with E-state index in [1.54, 1.807) is 18.2 Å². The van der Waals surface area contributed by atoms with Gasteiger partial charge in [-0.1, -0.05) is 29.4 Å². The Labute approximate surface area is 120 Å². The van der Waals surface area contributed by atoms with Crippen molar-refractivity contribution in [1.82, 2.24) is 0 Å². The number of hydrogen-bond acceptors (Lipinski definition) is 3. The molecule has 0 aromatic heterocycles. The van der Waals surface area contributed by atoms with Crippen LogP contribution in [0.15, 0.2) is 47.6 Å². The van der Waals surface area contributed by atoms with Gasteiger partial charge in [0.05, 0.1) is 5.97 Å². The summed E-state index contributed by atoms with van der Waals surface area (Å²) in [6.45, 7) is 6.58. The van der Waals surface area contributed by atoms with Crippen LogP contribution >= 0.6 is 0 Å². The van der Waals surface area contributed by atoms with Gasteiger partial charge in [0.25, 0.3) is 0 Å². The Bertz CT molecular complexity index is 509. The van der Waals surface area contributed by atoms with E-state index in [1.165, 1.54) is 17.2 Å². The lowest BCUT2D eigenvalue weighted by Crippen LogP contribution is -2.23. The summed E-state index contributed by atoms with van der Waals surface area (Å²) in [6, 6.07) is 6.51. The molecule has 108 valence electrons. The molecule has 0 heterocycles. The van der Waals surface area contributed by atoms with Crippen molar-refractivity contribution >= 4 is 5.97 Å². The minimum absolute atomic E-state index is 0.0862. The molecule has 0 aliphatic rings. The fourth-order valence-corrected chi connectivity index (χ4v) is 1.73. The molecular formula is C17H21O3-. The lowest BCUT2D eigenvalue weighted by molar-refractivity contribution is -0.255. The van der Waals surface area contributed by atoms with Crippen LogP contribution < -0.4 is 9.84 Å². The summed E-state index contributed by atoms with van der Waals surface area (Å²) < 4.78 is 5.48. The average Bonchev–Trinajstić information content (AvgIpc) is 2.38. The molecule has 0 saturated carbocycles. The van der Waals surface area contributed by atoms with E-state index >= 15 is 0 Å². The second kappa shape index (κ2) is 8.20. The Morgan fingerprint density at radius 3 is 2.55 bits per heavy atom. The van der Waals surface area contributed by atoms with E-state index in [0.717, 1.165) is 12.8 Å². The normalized spacial score (nSPS) is 11.1. The fraction of sp³-hybridized carbons (Fsp3) is 0.353. The molecule has 20 heavy (non-hydrogen) atoms. The predicted octanol–water partition coefficient (Wildman–Crippen LogP) is 3.12. The molecule has 0 aliphatic carbocycles. The summed E-state index contributed by atoms with van der Waals surface area (Å²) in [5, 5.41) is 10.9. The van der Waals surface area contributed by atoms with E-state index in [-0.39, 0.29) is 5.56 Å². The van der Waals surface area contributed by atoms with Gasteiger partial charge in [-0.2, -0.15) is 0 Å². The average molecular weight is 273 g/mol. The number of para-hydroxylation sites is 1. The van der Waals surface area contributed by atoms with Gasteiger partial charge in [-0.05, 0) is 51.8 Å². The molecular weight excluding hydrogens is 252 g/mol. The van der Waals surface area contributed by atoms with E-state index in [2.05, 4.69) is 19.9 Å². The number of rotatable bonds is 7. The first-order valence-electron chi connectivity index (χ1n) is 6.73. The molecule has 0 saturated heterocycles. The minimum Gasteiger partial charge on any atom is -0.545 e. The molecule has 1 aromatic rings.